The van der Waals surface area contributed by atoms with E-state index in [2.05, 4.69) is 71.0 Å². The van der Waals surface area contributed by atoms with E-state index in [0.717, 1.165) is 24.9 Å². The molecule has 0 saturated carbocycles. The molecule has 3 nitrogen and oxygen atoms in total. The number of aromatic nitrogens is 2. The standard InChI is InChI=1S/C22H27N3/c1-18(24-15-7-8-16-24)22-23-20-13-5-6-14-21(20)25(22)17-9-12-19-10-3-2-4-11-19/h2-6,10-11,13-14,18H,7-9,12,15-17H2,1H3. The number of imidazole rings is 1. The van der Waals surface area contributed by atoms with Crippen LogP contribution < -0.4 is 0 Å². The summed E-state index contributed by atoms with van der Waals surface area (Å²) in [6.07, 6.45) is 4.89. The van der Waals surface area contributed by atoms with Gasteiger partial charge < -0.3 is 4.57 Å². The van der Waals surface area contributed by atoms with Crippen molar-refractivity contribution in [3.8, 4) is 0 Å². The lowest BCUT2D eigenvalue weighted by atomic mass is 10.1. The molecule has 0 N–H and O–H groups in total. The Labute approximate surface area is 150 Å². The van der Waals surface area contributed by atoms with E-state index in [1.807, 2.05) is 0 Å². The summed E-state index contributed by atoms with van der Waals surface area (Å²) in [5.41, 5.74) is 3.82. The topological polar surface area (TPSA) is 21.1 Å². The van der Waals surface area contributed by atoms with Gasteiger partial charge in [-0.2, -0.15) is 0 Å². The number of aryl methyl sites for hydroxylation is 2. The van der Waals surface area contributed by atoms with E-state index in [-0.39, 0.29) is 0 Å². The maximum Gasteiger partial charge on any atom is 0.127 e. The van der Waals surface area contributed by atoms with Gasteiger partial charge in [0.2, 0.25) is 0 Å². The van der Waals surface area contributed by atoms with Crippen molar-refractivity contribution >= 4 is 11.0 Å². The number of fused-ring (bicyclic) bond motifs is 1. The Kier molecular flexibility index (Phi) is 4.84. The minimum absolute atomic E-state index is 0.395. The Morgan fingerprint density at radius 3 is 2.48 bits per heavy atom. The van der Waals surface area contributed by atoms with E-state index < -0.39 is 0 Å². The van der Waals surface area contributed by atoms with Crippen LogP contribution in [0.5, 0.6) is 0 Å². The van der Waals surface area contributed by atoms with Crippen LogP contribution in [0.3, 0.4) is 0 Å². The van der Waals surface area contributed by atoms with Crippen molar-refractivity contribution in [2.24, 2.45) is 0 Å². The monoisotopic (exact) mass is 333 g/mol. The van der Waals surface area contributed by atoms with E-state index in [1.54, 1.807) is 0 Å². The molecular formula is C22H27N3. The van der Waals surface area contributed by atoms with Crippen LogP contribution in [-0.2, 0) is 13.0 Å². The first-order valence-corrected chi connectivity index (χ1v) is 9.56. The van der Waals surface area contributed by atoms with Gasteiger partial charge in [0.15, 0.2) is 0 Å². The molecule has 1 saturated heterocycles. The van der Waals surface area contributed by atoms with Crippen molar-refractivity contribution < 1.29 is 0 Å². The van der Waals surface area contributed by atoms with Crippen LogP contribution in [0.1, 0.15) is 43.6 Å². The number of likely N-dealkylation sites (tertiary alicyclic amines) is 1. The zero-order valence-corrected chi connectivity index (χ0v) is 15.1. The first-order valence-electron chi connectivity index (χ1n) is 9.56. The van der Waals surface area contributed by atoms with Crippen molar-refractivity contribution in [2.45, 2.75) is 45.2 Å². The molecule has 3 heteroatoms. The van der Waals surface area contributed by atoms with Gasteiger partial charge in [-0.25, -0.2) is 4.98 Å². The number of benzene rings is 2. The first kappa shape index (κ1) is 16.3. The van der Waals surface area contributed by atoms with E-state index in [4.69, 9.17) is 4.98 Å². The number of nitrogens with zero attached hydrogens (tertiary/aromatic N) is 3. The van der Waals surface area contributed by atoms with Gasteiger partial charge >= 0.3 is 0 Å². The van der Waals surface area contributed by atoms with E-state index in [0.29, 0.717) is 6.04 Å². The molecule has 1 aromatic heterocycles. The third-order valence-electron chi connectivity index (χ3n) is 5.44. The van der Waals surface area contributed by atoms with Crippen LogP contribution in [0.4, 0.5) is 0 Å². The van der Waals surface area contributed by atoms with Crippen LogP contribution in [0.2, 0.25) is 0 Å². The summed E-state index contributed by atoms with van der Waals surface area (Å²) in [6.45, 7) is 5.76. The maximum absolute atomic E-state index is 5.00. The second-order valence-electron chi connectivity index (χ2n) is 7.12. The Balaban J connectivity index is 1.58. The molecule has 1 aliphatic heterocycles. The molecule has 0 aliphatic carbocycles. The molecule has 4 rings (SSSR count). The molecule has 2 aromatic carbocycles. The predicted octanol–water partition coefficient (Wildman–Crippen LogP) is 4.83. The fraction of sp³-hybridized carbons (Fsp3) is 0.409. The van der Waals surface area contributed by atoms with Crippen LogP contribution >= 0.6 is 0 Å². The van der Waals surface area contributed by atoms with E-state index >= 15 is 0 Å². The van der Waals surface area contributed by atoms with Gasteiger partial charge in [-0.3, -0.25) is 4.90 Å². The second kappa shape index (κ2) is 7.40. The number of hydrogen-bond acceptors (Lipinski definition) is 2. The molecule has 0 spiro atoms. The van der Waals surface area contributed by atoms with Crippen LogP contribution in [-0.4, -0.2) is 27.5 Å². The molecule has 2 heterocycles. The average Bonchev–Trinajstić information content (AvgIpc) is 3.30. The lowest BCUT2D eigenvalue weighted by Crippen LogP contribution is -2.26. The zero-order valence-electron chi connectivity index (χ0n) is 15.1. The largest absolute Gasteiger partial charge is 0.327 e. The third kappa shape index (κ3) is 3.47. The van der Waals surface area contributed by atoms with Crippen molar-refractivity contribution in [2.75, 3.05) is 13.1 Å². The minimum atomic E-state index is 0.395. The Morgan fingerprint density at radius 2 is 1.68 bits per heavy atom. The molecule has 1 atom stereocenters. The molecular weight excluding hydrogens is 306 g/mol. The van der Waals surface area contributed by atoms with Gasteiger partial charge in [0.05, 0.1) is 17.1 Å². The summed E-state index contributed by atoms with van der Waals surface area (Å²) < 4.78 is 2.46. The van der Waals surface area contributed by atoms with Crippen LogP contribution in [0, 0.1) is 0 Å². The molecule has 1 unspecified atom stereocenters. The molecule has 0 amide bonds. The molecule has 1 fully saturated rings. The Bertz CT molecular complexity index is 816. The second-order valence-corrected chi connectivity index (χ2v) is 7.12. The van der Waals surface area contributed by atoms with Gasteiger partial charge in [-0.05, 0) is 63.4 Å². The van der Waals surface area contributed by atoms with Gasteiger partial charge in [0.25, 0.3) is 0 Å². The highest BCUT2D eigenvalue weighted by molar-refractivity contribution is 5.76. The summed E-state index contributed by atoms with van der Waals surface area (Å²) >= 11 is 0. The lowest BCUT2D eigenvalue weighted by molar-refractivity contribution is 0.248. The molecule has 0 bridgehead atoms. The lowest BCUT2D eigenvalue weighted by Gasteiger charge is -2.24. The summed E-state index contributed by atoms with van der Waals surface area (Å²) in [5, 5.41) is 0. The summed E-state index contributed by atoms with van der Waals surface area (Å²) in [7, 11) is 0. The van der Waals surface area contributed by atoms with Crippen molar-refractivity contribution in [1.82, 2.24) is 14.5 Å². The van der Waals surface area contributed by atoms with Crippen molar-refractivity contribution in [1.29, 1.82) is 0 Å². The van der Waals surface area contributed by atoms with Gasteiger partial charge in [0, 0.05) is 6.54 Å². The third-order valence-corrected chi connectivity index (χ3v) is 5.44. The molecule has 25 heavy (non-hydrogen) atoms. The molecule has 3 aromatic rings. The van der Waals surface area contributed by atoms with Crippen LogP contribution in [0.15, 0.2) is 54.6 Å². The maximum atomic E-state index is 5.00. The van der Waals surface area contributed by atoms with Gasteiger partial charge in [-0.1, -0.05) is 42.5 Å². The number of rotatable bonds is 6. The van der Waals surface area contributed by atoms with Gasteiger partial charge in [0.1, 0.15) is 5.82 Å². The summed E-state index contributed by atoms with van der Waals surface area (Å²) in [4.78, 5) is 7.58. The molecule has 130 valence electrons. The normalized spacial score (nSPS) is 16.5. The highest BCUT2D eigenvalue weighted by atomic mass is 15.2. The molecule has 0 radical (unpaired) electrons. The highest BCUT2D eigenvalue weighted by Crippen LogP contribution is 2.27. The smallest absolute Gasteiger partial charge is 0.127 e. The Hall–Kier alpha value is -2.13. The van der Waals surface area contributed by atoms with Crippen molar-refractivity contribution in [3.63, 3.8) is 0 Å². The molecule has 1 aliphatic rings. The quantitative estimate of drug-likeness (QED) is 0.644. The minimum Gasteiger partial charge on any atom is -0.327 e. The van der Waals surface area contributed by atoms with Gasteiger partial charge in [-0.15, -0.1) is 0 Å². The number of hydrogen-bond donors (Lipinski definition) is 0. The van der Waals surface area contributed by atoms with Crippen molar-refractivity contribution in [3.05, 3.63) is 66.0 Å². The SMILES string of the molecule is CC(c1nc2ccccc2n1CCCc1ccccc1)N1CCCC1. The predicted molar refractivity (Wildman–Crippen MR) is 104 cm³/mol. The summed E-state index contributed by atoms with van der Waals surface area (Å²) in [5.74, 6) is 1.23. The fourth-order valence-corrected chi connectivity index (χ4v) is 4.03. The van der Waals surface area contributed by atoms with E-state index in [9.17, 15) is 0 Å². The Morgan fingerprint density at radius 1 is 0.960 bits per heavy atom. The number of para-hydroxylation sites is 2. The average molecular weight is 333 g/mol. The van der Waals surface area contributed by atoms with E-state index in [1.165, 1.54) is 42.8 Å². The highest BCUT2D eigenvalue weighted by Gasteiger charge is 2.24. The fourth-order valence-electron chi connectivity index (χ4n) is 4.03. The summed E-state index contributed by atoms with van der Waals surface area (Å²) in [6, 6.07) is 19.8. The van der Waals surface area contributed by atoms with Crippen LogP contribution in [0.25, 0.3) is 11.0 Å². The zero-order chi connectivity index (χ0) is 17.1. The first-order chi connectivity index (χ1) is 12.3.